The van der Waals surface area contributed by atoms with Crippen LogP contribution in [0.5, 0.6) is 0 Å². The zero-order chi connectivity index (χ0) is 20.6. The first kappa shape index (κ1) is 19.8. The van der Waals surface area contributed by atoms with Gasteiger partial charge in [-0.25, -0.2) is 9.18 Å². The normalized spacial score (nSPS) is 14.5. The topological polar surface area (TPSA) is 79.5 Å². The summed E-state index contributed by atoms with van der Waals surface area (Å²) in [6, 6.07) is 4.67. The van der Waals surface area contributed by atoms with Crippen LogP contribution in [0.15, 0.2) is 24.3 Å². The van der Waals surface area contributed by atoms with Gasteiger partial charge in [-0.1, -0.05) is 6.07 Å². The number of Topliss-reactive ketones (excluding diaryl/α,β-unsaturated/α-hetero) is 1. The number of rotatable bonds is 6. The number of halogens is 1. The fourth-order valence-corrected chi connectivity index (χ4v) is 3.54. The molecule has 0 aliphatic heterocycles. The molecule has 1 N–H and O–H groups in total. The Hall–Kier alpha value is -2.96. The lowest BCUT2D eigenvalue weighted by molar-refractivity contribution is 0.0591. The molecule has 1 amide bonds. The molecular weight excluding hydrogens is 363 g/mol. The predicted molar refractivity (Wildman–Crippen MR) is 101 cm³/mol. The van der Waals surface area contributed by atoms with Crippen LogP contribution in [0, 0.1) is 19.7 Å². The number of hydrogen-bond donors (Lipinski definition) is 1. The molecule has 0 saturated heterocycles. The van der Waals surface area contributed by atoms with Crippen molar-refractivity contribution in [3.8, 4) is 0 Å². The summed E-state index contributed by atoms with van der Waals surface area (Å²) < 4.78 is 18.3. The lowest BCUT2D eigenvalue weighted by Crippen LogP contribution is -2.45. The van der Waals surface area contributed by atoms with Crippen molar-refractivity contribution in [3.63, 3.8) is 0 Å². The highest BCUT2D eigenvalue weighted by Gasteiger charge is 2.40. The highest BCUT2D eigenvalue weighted by molar-refractivity contribution is 6.07. The van der Waals surface area contributed by atoms with Crippen molar-refractivity contribution in [1.82, 2.24) is 9.88 Å². The van der Waals surface area contributed by atoms with Gasteiger partial charge in [0.2, 0.25) is 0 Å². The van der Waals surface area contributed by atoms with E-state index < -0.39 is 17.8 Å². The van der Waals surface area contributed by atoms with E-state index in [1.807, 2.05) is 0 Å². The monoisotopic (exact) mass is 386 g/mol. The van der Waals surface area contributed by atoms with Crippen LogP contribution in [0.1, 0.15) is 62.2 Å². The zero-order valence-electron chi connectivity index (χ0n) is 16.3. The van der Waals surface area contributed by atoms with Gasteiger partial charge in [0.25, 0.3) is 5.91 Å². The number of ether oxygens (including phenoxy) is 1. The maximum Gasteiger partial charge on any atom is 0.354 e. The van der Waals surface area contributed by atoms with E-state index >= 15 is 0 Å². The molecule has 1 aliphatic carbocycles. The molecular formula is C21H23FN2O4. The summed E-state index contributed by atoms with van der Waals surface area (Å²) in [4.78, 5) is 42.6. The number of nitrogens with zero attached hydrogens (tertiary/aromatic N) is 1. The van der Waals surface area contributed by atoms with Crippen molar-refractivity contribution in [1.29, 1.82) is 0 Å². The summed E-state index contributed by atoms with van der Waals surface area (Å²) in [6.07, 6.45) is 1.61. The van der Waals surface area contributed by atoms with Gasteiger partial charge < -0.3 is 14.6 Å². The summed E-state index contributed by atoms with van der Waals surface area (Å²) in [5, 5.41) is 0. The minimum absolute atomic E-state index is 0.0469. The van der Waals surface area contributed by atoms with Gasteiger partial charge in [0, 0.05) is 22.9 Å². The first-order valence-electron chi connectivity index (χ1n) is 9.16. The number of hydrogen-bond acceptors (Lipinski definition) is 4. The average molecular weight is 386 g/mol. The Morgan fingerprint density at radius 1 is 1.25 bits per heavy atom. The molecule has 0 spiro atoms. The molecule has 0 bridgehead atoms. The summed E-state index contributed by atoms with van der Waals surface area (Å²) in [5.74, 6) is -1.69. The second-order valence-corrected chi connectivity index (χ2v) is 7.11. The molecule has 1 aliphatic rings. The Balaban J connectivity index is 1.94. The molecule has 6 nitrogen and oxygen atoms in total. The smallest absolute Gasteiger partial charge is 0.354 e. The first-order chi connectivity index (χ1) is 13.3. The third-order valence-electron chi connectivity index (χ3n) is 5.12. The van der Waals surface area contributed by atoms with Crippen LogP contribution in [0.4, 0.5) is 4.39 Å². The Labute approximate surface area is 162 Å². The molecule has 148 valence electrons. The summed E-state index contributed by atoms with van der Waals surface area (Å²) >= 11 is 0. The van der Waals surface area contributed by atoms with Crippen molar-refractivity contribution in [3.05, 3.63) is 58.2 Å². The van der Waals surface area contributed by atoms with E-state index in [0.717, 1.165) is 12.8 Å². The van der Waals surface area contributed by atoms with E-state index in [2.05, 4.69) is 4.98 Å². The van der Waals surface area contributed by atoms with E-state index in [4.69, 9.17) is 4.74 Å². The average Bonchev–Trinajstić information content (AvgIpc) is 3.45. The van der Waals surface area contributed by atoms with Crippen molar-refractivity contribution >= 4 is 17.7 Å². The van der Waals surface area contributed by atoms with E-state index in [0.29, 0.717) is 16.8 Å². The van der Waals surface area contributed by atoms with Gasteiger partial charge in [-0.05, 0) is 57.4 Å². The fraction of sp³-hybridized carbons (Fsp3) is 0.381. The molecule has 0 unspecified atom stereocenters. The van der Waals surface area contributed by atoms with Crippen LogP contribution in [0.25, 0.3) is 0 Å². The first-order valence-corrected chi connectivity index (χ1v) is 9.16. The fourth-order valence-electron chi connectivity index (χ4n) is 3.54. The molecule has 28 heavy (non-hydrogen) atoms. The number of amides is 1. The van der Waals surface area contributed by atoms with Gasteiger partial charge in [0.15, 0.2) is 5.78 Å². The molecule has 1 aromatic carbocycles. The number of carbonyl (C=O) groups is 3. The maximum absolute atomic E-state index is 13.6. The highest BCUT2D eigenvalue weighted by Crippen LogP contribution is 2.32. The molecule has 1 aromatic heterocycles. The van der Waals surface area contributed by atoms with Crippen LogP contribution in [0.3, 0.4) is 0 Å². The number of aromatic nitrogens is 1. The summed E-state index contributed by atoms with van der Waals surface area (Å²) in [7, 11) is 1.27. The predicted octanol–water partition coefficient (Wildman–Crippen LogP) is 3.43. The Kier molecular flexibility index (Phi) is 5.36. The van der Waals surface area contributed by atoms with Crippen molar-refractivity contribution in [2.75, 3.05) is 7.11 Å². The minimum Gasteiger partial charge on any atom is -0.464 e. The lowest BCUT2D eigenvalue weighted by atomic mass is 9.99. The number of aryl methyl sites for hydroxylation is 1. The second kappa shape index (κ2) is 7.58. The molecule has 2 aromatic rings. The zero-order valence-corrected chi connectivity index (χ0v) is 16.3. The number of benzene rings is 1. The standard InChI is InChI=1S/C21H23FN2O4/c1-11-17(12(2)23-18(11)21(27)28-4)19(25)13(3)24(16-8-9-16)20(26)14-6-5-7-15(22)10-14/h5-7,10,13,16,23H,8-9H2,1-4H3/t13-/m1/s1. The number of methoxy groups -OCH3 is 1. The van der Waals surface area contributed by atoms with E-state index in [1.165, 1.54) is 30.2 Å². The Morgan fingerprint density at radius 3 is 2.50 bits per heavy atom. The van der Waals surface area contributed by atoms with Crippen molar-refractivity contribution in [2.24, 2.45) is 0 Å². The second-order valence-electron chi connectivity index (χ2n) is 7.11. The molecule has 1 atom stereocenters. The SMILES string of the molecule is COC(=O)c1[nH]c(C)c(C(=O)[C@@H](C)N(C(=O)c2cccc(F)c2)C2CC2)c1C. The Morgan fingerprint density at radius 2 is 1.93 bits per heavy atom. The van der Waals surface area contributed by atoms with Crippen LogP contribution in [0.2, 0.25) is 0 Å². The quantitative estimate of drug-likeness (QED) is 0.609. The number of aromatic amines is 1. The van der Waals surface area contributed by atoms with Gasteiger partial charge in [-0.2, -0.15) is 0 Å². The van der Waals surface area contributed by atoms with Crippen LogP contribution in [-0.2, 0) is 4.74 Å². The van der Waals surface area contributed by atoms with Crippen molar-refractivity contribution in [2.45, 2.75) is 45.7 Å². The minimum atomic E-state index is -0.748. The van der Waals surface area contributed by atoms with Gasteiger partial charge in [-0.3, -0.25) is 9.59 Å². The number of carbonyl (C=O) groups excluding carboxylic acids is 3. The number of ketones is 1. The molecule has 0 radical (unpaired) electrons. The van der Waals surface area contributed by atoms with Crippen LogP contribution < -0.4 is 0 Å². The lowest BCUT2D eigenvalue weighted by Gasteiger charge is -2.29. The van der Waals surface area contributed by atoms with Gasteiger partial charge in [0.1, 0.15) is 11.5 Å². The molecule has 1 saturated carbocycles. The highest BCUT2D eigenvalue weighted by atomic mass is 19.1. The number of esters is 1. The van der Waals surface area contributed by atoms with Gasteiger partial charge in [0.05, 0.1) is 13.2 Å². The molecule has 1 fully saturated rings. The Bertz CT molecular complexity index is 946. The molecule has 3 rings (SSSR count). The third kappa shape index (κ3) is 3.56. The van der Waals surface area contributed by atoms with E-state index in [9.17, 15) is 18.8 Å². The van der Waals surface area contributed by atoms with Crippen LogP contribution in [-0.4, -0.2) is 46.7 Å². The van der Waals surface area contributed by atoms with Gasteiger partial charge in [-0.15, -0.1) is 0 Å². The van der Waals surface area contributed by atoms with Crippen LogP contribution >= 0.6 is 0 Å². The number of H-pyrrole nitrogens is 1. The number of nitrogens with one attached hydrogen (secondary N) is 1. The van der Waals surface area contributed by atoms with Crippen molar-refractivity contribution < 1.29 is 23.5 Å². The van der Waals surface area contributed by atoms with E-state index in [1.54, 1.807) is 26.8 Å². The third-order valence-corrected chi connectivity index (χ3v) is 5.12. The summed E-state index contributed by atoms with van der Waals surface area (Å²) in [5.41, 5.74) is 1.86. The molecule has 7 heteroatoms. The maximum atomic E-state index is 13.6. The largest absolute Gasteiger partial charge is 0.464 e. The molecule has 1 heterocycles. The van der Waals surface area contributed by atoms with Gasteiger partial charge >= 0.3 is 5.97 Å². The summed E-state index contributed by atoms with van der Waals surface area (Å²) in [6.45, 7) is 5.04. The van der Waals surface area contributed by atoms with E-state index in [-0.39, 0.29) is 29.0 Å².